The topological polar surface area (TPSA) is 59.2 Å². The van der Waals surface area contributed by atoms with Crippen LogP contribution in [0.5, 0.6) is 0 Å². The zero-order chi connectivity index (χ0) is 18.0. The SMILES string of the molecule is Cc1noc(-c2ccc(C(=O)N(C)C(C)c3ccc(F)cc3)cc2)n1. The van der Waals surface area contributed by atoms with Crippen LogP contribution in [0.4, 0.5) is 4.39 Å². The number of hydrogen-bond acceptors (Lipinski definition) is 4. The Morgan fingerprint density at radius 1 is 1.12 bits per heavy atom. The van der Waals surface area contributed by atoms with E-state index in [4.69, 9.17) is 4.52 Å². The number of rotatable bonds is 4. The van der Waals surface area contributed by atoms with Crippen molar-refractivity contribution in [1.29, 1.82) is 0 Å². The zero-order valence-corrected chi connectivity index (χ0v) is 14.2. The molecule has 1 amide bonds. The van der Waals surface area contributed by atoms with Crippen molar-refractivity contribution in [2.45, 2.75) is 19.9 Å². The highest BCUT2D eigenvalue weighted by molar-refractivity contribution is 5.94. The van der Waals surface area contributed by atoms with Crippen molar-refractivity contribution >= 4 is 5.91 Å². The summed E-state index contributed by atoms with van der Waals surface area (Å²) in [4.78, 5) is 18.5. The highest BCUT2D eigenvalue weighted by Gasteiger charge is 2.19. The molecule has 0 saturated heterocycles. The van der Waals surface area contributed by atoms with Crippen molar-refractivity contribution in [3.05, 3.63) is 71.3 Å². The van der Waals surface area contributed by atoms with E-state index >= 15 is 0 Å². The molecule has 5 nitrogen and oxygen atoms in total. The first-order valence-electron chi connectivity index (χ1n) is 7.89. The van der Waals surface area contributed by atoms with E-state index in [1.807, 2.05) is 6.92 Å². The Balaban J connectivity index is 1.76. The van der Waals surface area contributed by atoms with Gasteiger partial charge in [0.05, 0.1) is 6.04 Å². The Morgan fingerprint density at radius 3 is 2.32 bits per heavy atom. The fourth-order valence-electron chi connectivity index (χ4n) is 2.51. The molecular weight excluding hydrogens is 321 g/mol. The van der Waals surface area contributed by atoms with Crippen molar-refractivity contribution in [2.75, 3.05) is 7.05 Å². The van der Waals surface area contributed by atoms with Crippen molar-refractivity contribution in [3.63, 3.8) is 0 Å². The Bertz CT molecular complexity index is 872. The molecule has 0 N–H and O–H groups in total. The van der Waals surface area contributed by atoms with Crippen LogP contribution in [0, 0.1) is 12.7 Å². The number of halogens is 1. The molecule has 0 spiro atoms. The molecule has 0 aliphatic rings. The Hall–Kier alpha value is -3.02. The molecule has 1 aromatic heterocycles. The number of aromatic nitrogens is 2. The highest BCUT2D eigenvalue weighted by Crippen LogP contribution is 2.23. The maximum Gasteiger partial charge on any atom is 0.257 e. The van der Waals surface area contributed by atoms with E-state index in [-0.39, 0.29) is 17.8 Å². The normalized spacial score (nSPS) is 12.0. The summed E-state index contributed by atoms with van der Waals surface area (Å²) < 4.78 is 18.2. The first-order valence-corrected chi connectivity index (χ1v) is 7.89. The molecule has 0 saturated carbocycles. The van der Waals surface area contributed by atoms with Crippen molar-refractivity contribution in [2.24, 2.45) is 0 Å². The largest absolute Gasteiger partial charge is 0.335 e. The van der Waals surface area contributed by atoms with Crippen LogP contribution in [0.2, 0.25) is 0 Å². The number of nitrogens with zero attached hydrogens (tertiary/aromatic N) is 3. The summed E-state index contributed by atoms with van der Waals surface area (Å²) in [5.74, 6) is 0.564. The minimum absolute atomic E-state index is 0.120. The number of aryl methyl sites for hydroxylation is 1. The third-order valence-electron chi connectivity index (χ3n) is 4.16. The lowest BCUT2D eigenvalue weighted by Gasteiger charge is -2.25. The number of hydrogen-bond donors (Lipinski definition) is 0. The number of carbonyl (C=O) groups excluding carboxylic acids is 1. The van der Waals surface area contributed by atoms with E-state index < -0.39 is 0 Å². The molecule has 3 aromatic rings. The van der Waals surface area contributed by atoms with Crippen LogP contribution in [0.15, 0.2) is 53.1 Å². The molecular formula is C19H18FN3O2. The van der Waals surface area contributed by atoms with Gasteiger partial charge in [0.25, 0.3) is 11.8 Å². The number of benzene rings is 2. The van der Waals surface area contributed by atoms with Gasteiger partial charge in [0.15, 0.2) is 5.82 Å². The first-order chi connectivity index (χ1) is 12.0. The molecule has 3 rings (SSSR count). The van der Waals surface area contributed by atoms with Gasteiger partial charge < -0.3 is 9.42 Å². The fourth-order valence-corrected chi connectivity index (χ4v) is 2.51. The zero-order valence-electron chi connectivity index (χ0n) is 14.2. The van der Waals surface area contributed by atoms with Crippen LogP contribution < -0.4 is 0 Å². The minimum atomic E-state index is -0.295. The molecule has 0 aliphatic carbocycles. The van der Waals surface area contributed by atoms with Gasteiger partial charge in [-0.15, -0.1) is 0 Å². The molecule has 0 radical (unpaired) electrons. The lowest BCUT2D eigenvalue weighted by Crippen LogP contribution is -2.29. The maximum atomic E-state index is 13.1. The van der Waals surface area contributed by atoms with Gasteiger partial charge >= 0.3 is 0 Å². The summed E-state index contributed by atoms with van der Waals surface area (Å²) in [6, 6.07) is 13.0. The second kappa shape index (κ2) is 6.84. The van der Waals surface area contributed by atoms with E-state index in [1.165, 1.54) is 12.1 Å². The summed E-state index contributed by atoms with van der Waals surface area (Å²) in [6.07, 6.45) is 0. The second-order valence-corrected chi connectivity index (χ2v) is 5.87. The van der Waals surface area contributed by atoms with Gasteiger partial charge in [0.1, 0.15) is 5.82 Å². The van der Waals surface area contributed by atoms with Crippen LogP contribution in [0.1, 0.15) is 34.7 Å². The first kappa shape index (κ1) is 16.8. The highest BCUT2D eigenvalue weighted by atomic mass is 19.1. The van der Waals surface area contributed by atoms with E-state index in [0.29, 0.717) is 17.3 Å². The van der Waals surface area contributed by atoms with Crippen molar-refractivity contribution in [3.8, 4) is 11.5 Å². The molecule has 6 heteroatoms. The van der Waals surface area contributed by atoms with Crippen LogP contribution >= 0.6 is 0 Å². The van der Waals surface area contributed by atoms with Gasteiger partial charge in [-0.2, -0.15) is 4.98 Å². The summed E-state index contributed by atoms with van der Waals surface area (Å²) in [5, 5.41) is 3.75. The fraction of sp³-hybridized carbons (Fsp3) is 0.211. The van der Waals surface area contributed by atoms with Crippen LogP contribution in [0.25, 0.3) is 11.5 Å². The molecule has 1 atom stereocenters. The van der Waals surface area contributed by atoms with E-state index in [9.17, 15) is 9.18 Å². The van der Waals surface area contributed by atoms with Crippen LogP contribution in [0.3, 0.4) is 0 Å². The minimum Gasteiger partial charge on any atom is -0.335 e. The Kier molecular flexibility index (Phi) is 4.61. The smallest absolute Gasteiger partial charge is 0.257 e. The maximum absolute atomic E-state index is 13.1. The van der Waals surface area contributed by atoms with Gasteiger partial charge in [0, 0.05) is 18.2 Å². The molecule has 0 aliphatic heterocycles. The molecule has 2 aromatic carbocycles. The van der Waals surface area contributed by atoms with Gasteiger partial charge in [0.2, 0.25) is 0 Å². The molecule has 0 fully saturated rings. The summed E-state index contributed by atoms with van der Waals surface area (Å²) in [5.41, 5.74) is 2.18. The predicted molar refractivity (Wildman–Crippen MR) is 91.4 cm³/mol. The predicted octanol–water partition coefficient (Wildman–Crippen LogP) is 4.02. The standard InChI is InChI=1S/C19H18FN3O2/c1-12(14-8-10-17(20)11-9-14)23(3)19(24)16-6-4-15(5-7-16)18-21-13(2)22-25-18/h4-12H,1-3H3. The van der Waals surface area contributed by atoms with Crippen molar-refractivity contribution in [1.82, 2.24) is 15.0 Å². The second-order valence-electron chi connectivity index (χ2n) is 5.87. The van der Waals surface area contributed by atoms with E-state index in [2.05, 4.69) is 10.1 Å². The van der Waals surface area contributed by atoms with Crippen molar-refractivity contribution < 1.29 is 13.7 Å². The van der Waals surface area contributed by atoms with Crippen LogP contribution in [-0.4, -0.2) is 28.0 Å². The Morgan fingerprint density at radius 2 is 1.76 bits per heavy atom. The summed E-state index contributed by atoms with van der Waals surface area (Å²) >= 11 is 0. The molecule has 0 bridgehead atoms. The third kappa shape index (κ3) is 3.57. The quantitative estimate of drug-likeness (QED) is 0.720. The third-order valence-corrected chi connectivity index (χ3v) is 4.16. The molecule has 1 heterocycles. The van der Waals surface area contributed by atoms with E-state index in [1.54, 1.807) is 55.3 Å². The van der Waals surface area contributed by atoms with Gasteiger partial charge in [-0.25, -0.2) is 4.39 Å². The summed E-state index contributed by atoms with van der Waals surface area (Å²) in [7, 11) is 1.73. The monoisotopic (exact) mass is 339 g/mol. The molecule has 1 unspecified atom stereocenters. The van der Waals surface area contributed by atoms with Gasteiger partial charge in [-0.1, -0.05) is 17.3 Å². The average Bonchev–Trinajstić information content (AvgIpc) is 3.07. The Labute approximate surface area is 145 Å². The van der Waals surface area contributed by atoms with Gasteiger partial charge in [-0.05, 0) is 55.8 Å². The van der Waals surface area contributed by atoms with E-state index in [0.717, 1.165) is 11.1 Å². The number of amides is 1. The van der Waals surface area contributed by atoms with Crippen LogP contribution in [-0.2, 0) is 0 Å². The lowest BCUT2D eigenvalue weighted by atomic mass is 10.1. The van der Waals surface area contributed by atoms with Gasteiger partial charge in [-0.3, -0.25) is 4.79 Å². The molecule has 128 valence electrons. The average molecular weight is 339 g/mol. The number of carbonyl (C=O) groups is 1. The molecule has 25 heavy (non-hydrogen) atoms. The lowest BCUT2D eigenvalue weighted by molar-refractivity contribution is 0.0742. The summed E-state index contributed by atoms with van der Waals surface area (Å²) in [6.45, 7) is 3.65.